The van der Waals surface area contributed by atoms with E-state index in [2.05, 4.69) is 13.8 Å². The molecule has 4 atom stereocenters. The third-order valence-electron chi connectivity index (χ3n) is 4.69. The van der Waals surface area contributed by atoms with Crippen LogP contribution in [0, 0.1) is 17.3 Å². The highest BCUT2D eigenvalue weighted by Crippen LogP contribution is 2.51. The Hall–Kier alpha value is -0.370. The minimum atomic E-state index is -0.192. The second-order valence-electron chi connectivity index (χ2n) is 5.31. The summed E-state index contributed by atoms with van der Waals surface area (Å²) in [5.74, 6) is 0.956. The van der Waals surface area contributed by atoms with Gasteiger partial charge in [0.05, 0.1) is 6.10 Å². The topological polar surface area (TPSA) is 37.3 Å². The summed E-state index contributed by atoms with van der Waals surface area (Å²) in [5.41, 5.74) is 0.0764. The number of carbonyl (C=O) groups excluding carboxylic acids is 1. The molecule has 2 heteroatoms. The van der Waals surface area contributed by atoms with Crippen LogP contribution in [0.25, 0.3) is 0 Å². The van der Waals surface area contributed by atoms with Gasteiger partial charge in [-0.2, -0.15) is 0 Å². The van der Waals surface area contributed by atoms with E-state index in [0.29, 0.717) is 5.78 Å². The van der Waals surface area contributed by atoms with Gasteiger partial charge >= 0.3 is 0 Å². The fourth-order valence-electron chi connectivity index (χ4n) is 3.42. The highest BCUT2D eigenvalue weighted by Gasteiger charge is 2.49. The van der Waals surface area contributed by atoms with E-state index in [1.165, 1.54) is 0 Å². The number of Topliss-reactive ketones (excluding diaryl/α,β-unsaturated/α-hetero) is 1. The van der Waals surface area contributed by atoms with Gasteiger partial charge in [-0.25, -0.2) is 0 Å². The van der Waals surface area contributed by atoms with E-state index >= 15 is 0 Å². The standard InChI is InChI=1S/C12H20O2/c1-8-10(13)6-5-9-11(14)4-3-7-12(8,9)2/h8-10,13H,3-7H2,1-2H3. The summed E-state index contributed by atoms with van der Waals surface area (Å²) in [7, 11) is 0. The van der Waals surface area contributed by atoms with E-state index < -0.39 is 0 Å². The number of carbonyl (C=O) groups is 1. The summed E-state index contributed by atoms with van der Waals surface area (Å²) in [4.78, 5) is 11.8. The Kier molecular flexibility index (Phi) is 2.42. The molecule has 0 radical (unpaired) electrons. The molecule has 0 spiro atoms. The number of fused-ring (bicyclic) bond motifs is 1. The van der Waals surface area contributed by atoms with Crippen molar-refractivity contribution >= 4 is 5.78 Å². The van der Waals surface area contributed by atoms with E-state index in [9.17, 15) is 9.90 Å². The van der Waals surface area contributed by atoms with Crippen LogP contribution < -0.4 is 0 Å². The summed E-state index contributed by atoms with van der Waals surface area (Å²) in [5, 5.41) is 9.86. The first-order chi connectivity index (χ1) is 6.55. The lowest BCUT2D eigenvalue weighted by molar-refractivity contribution is -0.141. The zero-order chi connectivity index (χ0) is 10.3. The minimum Gasteiger partial charge on any atom is -0.393 e. The van der Waals surface area contributed by atoms with Crippen LogP contribution in [0.5, 0.6) is 0 Å². The van der Waals surface area contributed by atoms with Crippen molar-refractivity contribution in [2.75, 3.05) is 0 Å². The van der Waals surface area contributed by atoms with Gasteiger partial charge in [0.2, 0.25) is 0 Å². The lowest BCUT2D eigenvalue weighted by atomic mass is 9.55. The zero-order valence-corrected chi connectivity index (χ0v) is 9.12. The van der Waals surface area contributed by atoms with E-state index in [1.807, 2.05) is 0 Å². The monoisotopic (exact) mass is 196 g/mol. The average molecular weight is 196 g/mol. The van der Waals surface area contributed by atoms with Gasteiger partial charge in [0, 0.05) is 12.3 Å². The van der Waals surface area contributed by atoms with Gasteiger partial charge in [-0.05, 0) is 37.0 Å². The fourth-order valence-corrected chi connectivity index (χ4v) is 3.42. The maximum Gasteiger partial charge on any atom is 0.136 e. The first-order valence-electron chi connectivity index (χ1n) is 5.76. The molecule has 0 aromatic heterocycles. The first-order valence-corrected chi connectivity index (χ1v) is 5.76. The Balaban J connectivity index is 2.26. The van der Waals surface area contributed by atoms with E-state index in [-0.39, 0.29) is 23.4 Å². The van der Waals surface area contributed by atoms with Crippen LogP contribution in [-0.2, 0) is 4.79 Å². The largest absolute Gasteiger partial charge is 0.393 e. The number of aliphatic hydroxyl groups excluding tert-OH is 1. The average Bonchev–Trinajstić information content (AvgIpc) is 2.14. The van der Waals surface area contributed by atoms with Crippen molar-refractivity contribution in [3.05, 3.63) is 0 Å². The molecule has 0 aromatic rings. The summed E-state index contributed by atoms with van der Waals surface area (Å²) < 4.78 is 0. The van der Waals surface area contributed by atoms with Crippen molar-refractivity contribution in [3.63, 3.8) is 0 Å². The molecule has 2 aliphatic carbocycles. The molecule has 0 aromatic carbocycles. The molecule has 0 heterocycles. The van der Waals surface area contributed by atoms with Crippen LogP contribution in [0.3, 0.4) is 0 Å². The molecule has 0 aliphatic heterocycles. The molecular weight excluding hydrogens is 176 g/mol. The molecule has 4 unspecified atom stereocenters. The molecule has 0 bridgehead atoms. The van der Waals surface area contributed by atoms with E-state index in [0.717, 1.165) is 32.1 Å². The number of hydrogen-bond donors (Lipinski definition) is 1. The van der Waals surface area contributed by atoms with E-state index in [1.54, 1.807) is 0 Å². The maximum absolute atomic E-state index is 11.8. The molecule has 0 saturated heterocycles. The first kappa shape index (κ1) is 10.2. The van der Waals surface area contributed by atoms with Crippen molar-refractivity contribution in [2.24, 2.45) is 17.3 Å². The third kappa shape index (κ3) is 1.31. The molecule has 2 saturated carbocycles. The van der Waals surface area contributed by atoms with Gasteiger partial charge in [-0.1, -0.05) is 13.8 Å². The summed E-state index contributed by atoms with van der Waals surface area (Å²) in [6, 6.07) is 0. The predicted octanol–water partition coefficient (Wildman–Crippen LogP) is 2.15. The Morgan fingerprint density at radius 3 is 2.86 bits per heavy atom. The quantitative estimate of drug-likeness (QED) is 0.644. The van der Waals surface area contributed by atoms with Crippen molar-refractivity contribution < 1.29 is 9.90 Å². The summed E-state index contributed by atoms with van der Waals surface area (Å²) in [6.07, 6.45) is 4.42. The number of rotatable bonds is 0. The fraction of sp³-hybridized carbons (Fsp3) is 0.917. The number of aliphatic hydroxyl groups is 1. The zero-order valence-electron chi connectivity index (χ0n) is 9.12. The Morgan fingerprint density at radius 1 is 1.43 bits per heavy atom. The minimum absolute atomic E-state index is 0.0764. The molecular formula is C12H20O2. The maximum atomic E-state index is 11.8. The third-order valence-corrected chi connectivity index (χ3v) is 4.69. The normalized spacial score (nSPS) is 48.8. The van der Waals surface area contributed by atoms with Gasteiger partial charge in [0.15, 0.2) is 0 Å². The summed E-state index contributed by atoms with van der Waals surface area (Å²) in [6.45, 7) is 4.30. The van der Waals surface area contributed by atoms with Gasteiger partial charge in [0.1, 0.15) is 5.78 Å². The van der Waals surface area contributed by atoms with Crippen molar-refractivity contribution in [2.45, 2.75) is 52.1 Å². The molecule has 2 rings (SSSR count). The molecule has 2 aliphatic rings. The van der Waals surface area contributed by atoms with Gasteiger partial charge in [-0.15, -0.1) is 0 Å². The summed E-state index contributed by atoms with van der Waals surface area (Å²) >= 11 is 0. The Bertz CT molecular complexity index is 249. The molecule has 1 N–H and O–H groups in total. The highest BCUT2D eigenvalue weighted by molar-refractivity contribution is 5.82. The molecule has 2 nitrogen and oxygen atoms in total. The van der Waals surface area contributed by atoms with E-state index in [4.69, 9.17) is 0 Å². The SMILES string of the molecule is CC1C(O)CCC2C(=O)CCCC21C. The van der Waals surface area contributed by atoms with Crippen molar-refractivity contribution in [3.8, 4) is 0 Å². The lowest BCUT2D eigenvalue weighted by Crippen LogP contribution is -2.49. The number of ketones is 1. The van der Waals surface area contributed by atoms with Crippen LogP contribution in [0.15, 0.2) is 0 Å². The Labute approximate surface area is 85.7 Å². The molecule has 80 valence electrons. The lowest BCUT2D eigenvalue weighted by Gasteiger charge is -2.50. The van der Waals surface area contributed by atoms with Gasteiger partial charge in [-0.3, -0.25) is 4.79 Å². The highest BCUT2D eigenvalue weighted by atomic mass is 16.3. The second-order valence-corrected chi connectivity index (χ2v) is 5.31. The van der Waals surface area contributed by atoms with Gasteiger partial charge < -0.3 is 5.11 Å². The number of hydrogen-bond acceptors (Lipinski definition) is 2. The van der Waals surface area contributed by atoms with Gasteiger partial charge in [0.25, 0.3) is 0 Å². The van der Waals surface area contributed by atoms with Crippen LogP contribution in [0.2, 0.25) is 0 Å². The molecule has 0 amide bonds. The molecule has 14 heavy (non-hydrogen) atoms. The van der Waals surface area contributed by atoms with Crippen molar-refractivity contribution in [1.29, 1.82) is 0 Å². The second kappa shape index (κ2) is 3.34. The Morgan fingerprint density at radius 2 is 2.14 bits per heavy atom. The van der Waals surface area contributed by atoms with Crippen molar-refractivity contribution in [1.82, 2.24) is 0 Å². The smallest absolute Gasteiger partial charge is 0.136 e. The van der Waals surface area contributed by atoms with Crippen LogP contribution in [0.1, 0.15) is 46.0 Å². The molecule has 2 fully saturated rings. The predicted molar refractivity (Wildman–Crippen MR) is 54.9 cm³/mol. The van der Waals surface area contributed by atoms with Crippen LogP contribution in [-0.4, -0.2) is 17.0 Å². The van der Waals surface area contributed by atoms with Crippen LogP contribution >= 0.6 is 0 Å². The van der Waals surface area contributed by atoms with Crippen LogP contribution in [0.4, 0.5) is 0 Å².